The van der Waals surface area contributed by atoms with Crippen LogP contribution in [0.15, 0.2) is 63.8 Å². The highest BCUT2D eigenvalue weighted by atomic mass is 16.7. The van der Waals surface area contributed by atoms with Crippen molar-refractivity contribution in [2.75, 3.05) is 13.7 Å². The Balaban J connectivity index is 1.47. The third kappa shape index (κ3) is 6.20. The average Bonchev–Trinajstić information content (AvgIpc) is 3.02. The number of aliphatic hydroxyl groups is 3. The zero-order valence-corrected chi connectivity index (χ0v) is 23.8. The predicted molar refractivity (Wildman–Crippen MR) is 157 cm³/mol. The van der Waals surface area contributed by atoms with Crippen molar-refractivity contribution < 1.29 is 69.0 Å². The number of fused-ring (bicyclic) bond motifs is 1. The van der Waals surface area contributed by atoms with Gasteiger partial charge in [0, 0.05) is 17.7 Å². The third-order valence-electron chi connectivity index (χ3n) is 7.09. The standard InChI is InChI=1S/C31H28O15/c1-42-29-18(35)11-19-22(24(29)38)25(39)30(28(44-19)14-5-8-16(33)17(34)10-14)46-31-27(41)26(40)23(37)20(45-31)12-43-21(36)9-4-13-2-6-15(32)7-3-13/h2-11,20,23,26-27,31-35,37-38,40-41H,12H2,1H3/b9-4+/t20?,23-,26+,27?,31+/m1/s1. The monoisotopic (exact) mass is 640 g/mol. The zero-order valence-electron chi connectivity index (χ0n) is 23.8. The highest BCUT2D eigenvalue weighted by Crippen LogP contribution is 2.44. The lowest BCUT2D eigenvalue weighted by atomic mass is 9.99. The molecule has 0 aliphatic carbocycles. The van der Waals surface area contributed by atoms with Gasteiger partial charge in [-0.2, -0.15) is 0 Å². The number of aliphatic hydroxyl groups excluding tert-OH is 3. The van der Waals surface area contributed by atoms with Gasteiger partial charge in [-0.1, -0.05) is 12.1 Å². The number of esters is 1. The Morgan fingerprint density at radius 2 is 1.59 bits per heavy atom. The Morgan fingerprint density at radius 3 is 2.26 bits per heavy atom. The summed E-state index contributed by atoms with van der Waals surface area (Å²) in [7, 11) is 1.13. The highest BCUT2D eigenvalue weighted by molar-refractivity contribution is 5.91. The summed E-state index contributed by atoms with van der Waals surface area (Å²) in [6.45, 7) is -0.633. The average molecular weight is 641 g/mol. The number of hydrogen-bond donors (Lipinski definition) is 8. The first-order chi connectivity index (χ1) is 21.9. The van der Waals surface area contributed by atoms with Crippen molar-refractivity contribution in [1.29, 1.82) is 0 Å². The number of rotatable bonds is 8. The molecular formula is C31H28O15. The van der Waals surface area contributed by atoms with Crippen molar-refractivity contribution in [1.82, 2.24) is 0 Å². The molecule has 3 aromatic carbocycles. The van der Waals surface area contributed by atoms with Crippen LogP contribution in [-0.2, 0) is 14.3 Å². The SMILES string of the molecule is COc1c(O)cc2oc(-c3ccc(O)c(O)c3)c(O[C@@H]3OC(COC(=O)/C=C/c4ccc(O)cc4)[C@@H](O)[C@H](O)C3O)c(=O)c2c1O. The molecule has 46 heavy (non-hydrogen) atoms. The minimum Gasteiger partial charge on any atom is -0.508 e. The van der Waals surface area contributed by atoms with E-state index in [1.54, 1.807) is 12.1 Å². The van der Waals surface area contributed by atoms with Crippen molar-refractivity contribution in [3.05, 3.63) is 70.4 Å². The van der Waals surface area contributed by atoms with E-state index in [1.165, 1.54) is 24.3 Å². The molecule has 8 N–H and O–H groups in total. The van der Waals surface area contributed by atoms with Crippen molar-refractivity contribution in [3.63, 3.8) is 0 Å². The number of methoxy groups -OCH3 is 1. The number of phenolic OH excluding ortho intramolecular Hbond substituents is 5. The van der Waals surface area contributed by atoms with Gasteiger partial charge >= 0.3 is 5.97 Å². The molecule has 15 nitrogen and oxygen atoms in total. The fraction of sp³-hybridized carbons (Fsp3) is 0.226. The molecule has 5 rings (SSSR count). The van der Waals surface area contributed by atoms with Gasteiger partial charge in [0.15, 0.2) is 28.8 Å². The van der Waals surface area contributed by atoms with Gasteiger partial charge in [-0.25, -0.2) is 4.79 Å². The summed E-state index contributed by atoms with van der Waals surface area (Å²) in [5.74, 6) is -4.95. The van der Waals surface area contributed by atoms with Gasteiger partial charge < -0.3 is 64.2 Å². The topological polar surface area (TPSA) is 246 Å². The summed E-state index contributed by atoms with van der Waals surface area (Å²) in [5, 5.41) is 81.5. The summed E-state index contributed by atoms with van der Waals surface area (Å²) in [5.41, 5.74) is -0.891. The lowest BCUT2D eigenvalue weighted by Crippen LogP contribution is -2.60. The van der Waals surface area contributed by atoms with Crippen LogP contribution in [0.25, 0.3) is 28.4 Å². The summed E-state index contributed by atoms with van der Waals surface area (Å²) in [6.07, 6.45) is -6.59. The van der Waals surface area contributed by atoms with Crippen LogP contribution in [0.3, 0.4) is 0 Å². The number of carbonyl (C=O) groups is 1. The zero-order chi connectivity index (χ0) is 33.3. The molecule has 0 radical (unpaired) electrons. The molecule has 1 aliphatic heterocycles. The van der Waals surface area contributed by atoms with E-state index in [-0.39, 0.29) is 16.9 Å². The van der Waals surface area contributed by atoms with Crippen molar-refractivity contribution in [3.8, 4) is 51.6 Å². The molecule has 2 heterocycles. The second kappa shape index (κ2) is 12.9. The maximum atomic E-state index is 13.8. The van der Waals surface area contributed by atoms with Crippen LogP contribution in [-0.4, -0.2) is 91.2 Å². The van der Waals surface area contributed by atoms with Gasteiger partial charge in [0.25, 0.3) is 0 Å². The van der Waals surface area contributed by atoms with Gasteiger partial charge in [-0.15, -0.1) is 0 Å². The Labute approximate surface area is 258 Å². The Hall–Kier alpha value is -5.48. The largest absolute Gasteiger partial charge is 0.508 e. The molecule has 4 aromatic rings. The molecule has 15 heteroatoms. The van der Waals surface area contributed by atoms with E-state index in [1.807, 2.05) is 0 Å². The first kappa shape index (κ1) is 31.9. The van der Waals surface area contributed by atoms with E-state index < -0.39 is 94.4 Å². The summed E-state index contributed by atoms with van der Waals surface area (Å²) < 4.78 is 27.2. The van der Waals surface area contributed by atoms with Crippen molar-refractivity contribution >= 4 is 23.0 Å². The fourth-order valence-electron chi connectivity index (χ4n) is 4.68. The summed E-state index contributed by atoms with van der Waals surface area (Å²) in [4.78, 5) is 26.1. The predicted octanol–water partition coefficient (Wildman–Crippen LogP) is 1.44. The number of hydrogen-bond acceptors (Lipinski definition) is 15. The Morgan fingerprint density at radius 1 is 0.870 bits per heavy atom. The van der Waals surface area contributed by atoms with Crippen LogP contribution in [0, 0.1) is 0 Å². The number of aromatic hydroxyl groups is 5. The molecule has 0 saturated carbocycles. The maximum absolute atomic E-state index is 13.8. The van der Waals surface area contributed by atoms with Crippen LogP contribution in [0.5, 0.6) is 40.2 Å². The molecule has 1 aromatic heterocycles. The lowest BCUT2D eigenvalue weighted by molar-refractivity contribution is -0.278. The lowest BCUT2D eigenvalue weighted by Gasteiger charge is -2.39. The maximum Gasteiger partial charge on any atom is 0.330 e. The van der Waals surface area contributed by atoms with Crippen molar-refractivity contribution in [2.45, 2.75) is 30.7 Å². The minimum absolute atomic E-state index is 0.0336. The van der Waals surface area contributed by atoms with Crippen LogP contribution >= 0.6 is 0 Å². The van der Waals surface area contributed by atoms with Gasteiger partial charge in [0.05, 0.1) is 7.11 Å². The number of benzene rings is 3. The molecule has 0 amide bonds. The van der Waals surface area contributed by atoms with Gasteiger partial charge in [0.1, 0.15) is 47.7 Å². The molecule has 1 aliphatic rings. The van der Waals surface area contributed by atoms with E-state index in [0.717, 1.165) is 31.4 Å². The molecule has 2 unspecified atom stereocenters. The van der Waals surface area contributed by atoms with Gasteiger partial charge in [-0.3, -0.25) is 4.79 Å². The van der Waals surface area contributed by atoms with Crippen LogP contribution < -0.4 is 14.9 Å². The van der Waals surface area contributed by atoms with Crippen LogP contribution in [0.4, 0.5) is 0 Å². The normalized spacial score (nSPS) is 21.3. The van der Waals surface area contributed by atoms with Crippen molar-refractivity contribution in [2.24, 2.45) is 0 Å². The summed E-state index contributed by atoms with van der Waals surface area (Å²) >= 11 is 0. The van der Waals surface area contributed by atoms with E-state index in [9.17, 15) is 50.4 Å². The van der Waals surface area contributed by atoms with E-state index in [2.05, 4.69) is 0 Å². The van der Waals surface area contributed by atoms with Crippen LogP contribution in [0.2, 0.25) is 0 Å². The number of ether oxygens (including phenoxy) is 4. The second-order valence-electron chi connectivity index (χ2n) is 10.1. The molecule has 0 bridgehead atoms. The van der Waals surface area contributed by atoms with E-state index in [0.29, 0.717) is 5.56 Å². The van der Waals surface area contributed by atoms with E-state index >= 15 is 0 Å². The molecule has 0 spiro atoms. The molecule has 1 fully saturated rings. The Kier molecular flexibility index (Phi) is 8.93. The molecule has 5 atom stereocenters. The second-order valence-corrected chi connectivity index (χ2v) is 10.1. The number of carbonyl (C=O) groups excluding carboxylic acids is 1. The highest BCUT2D eigenvalue weighted by Gasteiger charge is 2.46. The summed E-state index contributed by atoms with van der Waals surface area (Å²) in [6, 6.07) is 10.2. The van der Waals surface area contributed by atoms with Gasteiger partial charge in [0.2, 0.25) is 23.2 Å². The minimum atomic E-state index is -1.98. The third-order valence-corrected chi connectivity index (χ3v) is 7.09. The van der Waals surface area contributed by atoms with E-state index in [4.69, 9.17) is 23.4 Å². The van der Waals surface area contributed by atoms with Crippen LogP contribution in [0.1, 0.15) is 5.56 Å². The first-order valence-electron chi connectivity index (χ1n) is 13.5. The molecular weight excluding hydrogens is 612 g/mol. The quantitative estimate of drug-likeness (QED) is 0.0771. The number of phenols is 5. The molecule has 242 valence electrons. The smallest absolute Gasteiger partial charge is 0.330 e. The fourth-order valence-corrected chi connectivity index (χ4v) is 4.68. The van der Waals surface area contributed by atoms with Gasteiger partial charge in [-0.05, 0) is 42.0 Å². The molecule has 1 saturated heterocycles. The first-order valence-corrected chi connectivity index (χ1v) is 13.5. The Bertz CT molecular complexity index is 1850.